The lowest BCUT2D eigenvalue weighted by molar-refractivity contribution is 0.0950. The number of nitrogens with one attached hydrogen (secondary N) is 2. The molecule has 0 fully saturated rings. The van der Waals surface area contributed by atoms with Gasteiger partial charge >= 0.3 is 0 Å². The molecule has 0 saturated heterocycles. The van der Waals surface area contributed by atoms with Gasteiger partial charge in [0, 0.05) is 29.6 Å². The SMILES string of the molecule is Cc1c(Br)cncc1C(=O)NCc1ccc(-c2ccn[nH]2)cc1. The standard InChI is InChI=1S/C17H15BrN4O/c1-11-14(9-19-10-15(11)18)17(23)20-8-12-2-4-13(5-3-12)16-6-7-21-22-16/h2-7,9-10H,8H2,1H3,(H,20,23)(H,21,22). The summed E-state index contributed by atoms with van der Waals surface area (Å²) < 4.78 is 0.828. The number of halogens is 1. The number of H-pyrrole nitrogens is 1. The maximum atomic E-state index is 12.3. The highest BCUT2D eigenvalue weighted by Gasteiger charge is 2.11. The third-order valence-electron chi connectivity index (χ3n) is 3.62. The molecule has 0 aliphatic heterocycles. The number of nitrogens with zero attached hydrogens (tertiary/aromatic N) is 2. The Kier molecular flexibility index (Phi) is 4.52. The first-order valence-corrected chi connectivity index (χ1v) is 7.91. The molecule has 0 saturated carbocycles. The topological polar surface area (TPSA) is 70.7 Å². The van der Waals surface area contributed by atoms with E-state index in [0.717, 1.165) is 26.9 Å². The van der Waals surface area contributed by atoms with Crippen LogP contribution in [0.4, 0.5) is 0 Å². The van der Waals surface area contributed by atoms with E-state index >= 15 is 0 Å². The van der Waals surface area contributed by atoms with Gasteiger partial charge in [-0.3, -0.25) is 14.9 Å². The van der Waals surface area contributed by atoms with Crippen LogP contribution in [0.5, 0.6) is 0 Å². The Balaban J connectivity index is 1.66. The molecule has 0 radical (unpaired) electrons. The van der Waals surface area contributed by atoms with Crippen LogP contribution in [0.15, 0.2) is 53.4 Å². The molecular weight excluding hydrogens is 356 g/mol. The second-order valence-corrected chi connectivity index (χ2v) is 6.00. The van der Waals surface area contributed by atoms with Gasteiger partial charge in [0.2, 0.25) is 0 Å². The van der Waals surface area contributed by atoms with Gasteiger partial charge in [-0.15, -0.1) is 0 Å². The minimum atomic E-state index is -0.131. The Morgan fingerprint density at radius 1 is 1.22 bits per heavy atom. The first kappa shape index (κ1) is 15.4. The Labute approximate surface area is 142 Å². The van der Waals surface area contributed by atoms with E-state index in [0.29, 0.717) is 12.1 Å². The van der Waals surface area contributed by atoms with Crippen molar-refractivity contribution in [1.82, 2.24) is 20.5 Å². The van der Waals surface area contributed by atoms with E-state index in [9.17, 15) is 4.79 Å². The quantitative estimate of drug-likeness (QED) is 0.738. The minimum absolute atomic E-state index is 0.131. The number of benzene rings is 1. The lowest BCUT2D eigenvalue weighted by Crippen LogP contribution is -2.23. The number of aromatic nitrogens is 3. The van der Waals surface area contributed by atoms with Gasteiger partial charge < -0.3 is 5.32 Å². The molecule has 6 heteroatoms. The molecule has 3 aromatic rings. The largest absolute Gasteiger partial charge is 0.348 e. The second kappa shape index (κ2) is 6.75. The lowest BCUT2D eigenvalue weighted by Gasteiger charge is -2.09. The third-order valence-corrected chi connectivity index (χ3v) is 4.42. The molecule has 2 aromatic heterocycles. The summed E-state index contributed by atoms with van der Waals surface area (Å²) in [7, 11) is 0. The molecule has 1 amide bonds. The van der Waals surface area contributed by atoms with E-state index in [1.165, 1.54) is 0 Å². The highest BCUT2D eigenvalue weighted by Crippen LogP contribution is 2.18. The van der Waals surface area contributed by atoms with Crippen LogP contribution in [0.2, 0.25) is 0 Å². The molecule has 0 atom stereocenters. The average molecular weight is 371 g/mol. The van der Waals surface area contributed by atoms with E-state index in [2.05, 4.69) is 36.4 Å². The molecule has 0 unspecified atom stereocenters. The smallest absolute Gasteiger partial charge is 0.253 e. The summed E-state index contributed by atoms with van der Waals surface area (Å²) in [5, 5.41) is 9.78. The summed E-state index contributed by atoms with van der Waals surface area (Å²) in [6.07, 6.45) is 4.98. The van der Waals surface area contributed by atoms with E-state index < -0.39 is 0 Å². The fourth-order valence-corrected chi connectivity index (χ4v) is 2.56. The summed E-state index contributed by atoms with van der Waals surface area (Å²) in [5.74, 6) is -0.131. The van der Waals surface area contributed by atoms with Crippen molar-refractivity contribution >= 4 is 21.8 Å². The summed E-state index contributed by atoms with van der Waals surface area (Å²) >= 11 is 3.39. The number of rotatable bonds is 4. The van der Waals surface area contributed by atoms with Gasteiger partial charge in [0.25, 0.3) is 5.91 Å². The number of pyridine rings is 1. The molecule has 2 N–H and O–H groups in total. The number of amides is 1. The van der Waals surface area contributed by atoms with Gasteiger partial charge in [-0.25, -0.2) is 0 Å². The predicted molar refractivity (Wildman–Crippen MR) is 91.9 cm³/mol. The molecule has 0 aliphatic rings. The zero-order valence-corrected chi connectivity index (χ0v) is 14.1. The summed E-state index contributed by atoms with van der Waals surface area (Å²) in [6.45, 7) is 2.36. The number of carbonyl (C=O) groups is 1. The Bertz CT molecular complexity index is 813. The molecule has 116 valence electrons. The highest BCUT2D eigenvalue weighted by molar-refractivity contribution is 9.10. The second-order valence-electron chi connectivity index (χ2n) is 5.14. The van der Waals surface area contributed by atoms with Crippen molar-refractivity contribution < 1.29 is 4.79 Å². The van der Waals surface area contributed by atoms with Gasteiger partial charge in [0.05, 0.1) is 11.3 Å². The molecule has 5 nitrogen and oxygen atoms in total. The van der Waals surface area contributed by atoms with Crippen LogP contribution in [0.1, 0.15) is 21.5 Å². The molecule has 2 heterocycles. The number of aromatic amines is 1. The summed E-state index contributed by atoms with van der Waals surface area (Å²) in [4.78, 5) is 16.3. The maximum Gasteiger partial charge on any atom is 0.253 e. The lowest BCUT2D eigenvalue weighted by atomic mass is 10.1. The van der Waals surface area contributed by atoms with Crippen molar-refractivity contribution in [2.45, 2.75) is 13.5 Å². The van der Waals surface area contributed by atoms with Crippen molar-refractivity contribution in [3.8, 4) is 11.3 Å². The van der Waals surface area contributed by atoms with E-state index in [1.54, 1.807) is 18.6 Å². The Hall–Kier alpha value is -2.47. The fraction of sp³-hybridized carbons (Fsp3) is 0.118. The van der Waals surface area contributed by atoms with Crippen LogP contribution in [0.3, 0.4) is 0 Å². The van der Waals surface area contributed by atoms with E-state index in [-0.39, 0.29) is 5.91 Å². The highest BCUT2D eigenvalue weighted by atomic mass is 79.9. The molecular formula is C17H15BrN4O. The zero-order valence-electron chi connectivity index (χ0n) is 12.5. The number of carbonyl (C=O) groups excluding carboxylic acids is 1. The Morgan fingerprint density at radius 3 is 2.70 bits per heavy atom. The minimum Gasteiger partial charge on any atom is -0.348 e. The van der Waals surface area contributed by atoms with Crippen molar-refractivity contribution in [2.75, 3.05) is 0 Å². The molecule has 0 spiro atoms. The van der Waals surface area contributed by atoms with Crippen LogP contribution < -0.4 is 5.32 Å². The number of hydrogen-bond donors (Lipinski definition) is 2. The molecule has 0 bridgehead atoms. The summed E-state index contributed by atoms with van der Waals surface area (Å²) in [5.41, 5.74) is 4.52. The van der Waals surface area contributed by atoms with Crippen molar-refractivity contribution in [2.24, 2.45) is 0 Å². The molecule has 1 aromatic carbocycles. The van der Waals surface area contributed by atoms with Crippen LogP contribution in [0.25, 0.3) is 11.3 Å². The fourth-order valence-electron chi connectivity index (χ4n) is 2.22. The van der Waals surface area contributed by atoms with Crippen molar-refractivity contribution in [1.29, 1.82) is 0 Å². The monoisotopic (exact) mass is 370 g/mol. The van der Waals surface area contributed by atoms with Crippen LogP contribution >= 0.6 is 15.9 Å². The van der Waals surface area contributed by atoms with Crippen molar-refractivity contribution in [3.63, 3.8) is 0 Å². The zero-order chi connectivity index (χ0) is 16.2. The van der Waals surface area contributed by atoms with Gasteiger partial charge in [0.1, 0.15) is 0 Å². The Morgan fingerprint density at radius 2 is 2.00 bits per heavy atom. The number of hydrogen-bond acceptors (Lipinski definition) is 3. The van der Waals surface area contributed by atoms with Crippen LogP contribution in [0, 0.1) is 6.92 Å². The van der Waals surface area contributed by atoms with Crippen molar-refractivity contribution in [3.05, 3.63) is 70.1 Å². The normalized spacial score (nSPS) is 10.5. The third kappa shape index (κ3) is 3.48. The van der Waals surface area contributed by atoms with Crippen LogP contribution in [-0.2, 0) is 6.54 Å². The van der Waals surface area contributed by atoms with Crippen LogP contribution in [-0.4, -0.2) is 21.1 Å². The molecule has 23 heavy (non-hydrogen) atoms. The predicted octanol–water partition coefficient (Wildman–Crippen LogP) is 3.47. The average Bonchev–Trinajstić information content (AvgIpc) is 3.10. The van der Waals surface area contributed by atoms with Gasteiger partial charge in [0.15, 0.2) is 0 Å². The van der Waals surface area contributed by atoms with E-state index in [4.69, 9.17) is 0 Å². The summed E-state index contributed by atoms with van der Waals surface area (Å²) in [6, 6.07) is 9.90. The van der Waals surface area contributed by atoms with Gasteiger partial charge in [-0.05, 0) is 45.6 Å². The maximum absolute atomic E-state index is 12.3. The van der Waals surface area contributed by atoms with Gasteiger partial charge in [-0.1, -0.05) is 24.3 Å². The van der Waals surface area contributed by atoms with E-state index in [1.807, 2.05) is 37.3 Å². The molecule has 3 rings (SSSR count). The first-order valence-electron chi connectivity index (χ1n) is 7.12. The first-order chi connectivity index (χ1) is 11.1. The van der Waals surface area contributed by atoms with Gasteiger partial charge in [-0.2, -0.15) is 5.10 Å². The molecule has 0 aliphatic carbocycles.